The van der Waals surface area contributed by atoms with Gasteiger partial charge in [-0.05, 0) is 53.6 Å². The molecule has 4 nitrogen and oxygen atoms in total. The van der Waals surface area contributed by atoms with Gasteiger partial charge in [-0.2, -0.15) is 0 Å². The lowest BCUT2D eigenvalue weighted by molar-refractivity contribution is 0.108. The maximum Gasteiger partial charge on any atom is 0.252 e. The molecule has 2 heterocycles. The van der Waals surface area contributed by atoms with Gasteiger partial charge in [0.2, 0.25) is 0 Å². The molecule has 1 N–H and O–H groups in total. The second-order valence-corrected chi connectivity index (χ2v) is 5.36. The number of nitrogens with zero attached hydrogens (tertiary/aromatic N) is 2. The zero-order valence-corrected chi connectivity index (χ0v) is 12.3. The standard InChI is InChI=1S/C16H16ClN3O/c17-16(21)13-1-3-14(4-2-13)20-10-9-19-11-15(20)12-5-7-18-8-6-12/h1-8,15,19H,9-11H2. The summed E-state index contributed by atoms with van der Waals surface area (Å²) in [6, 6.07) is 11.8. The van der Waals surface area contributed by atoms with Crippen molar-refractivity contribution in [1.29, 1.82) is 0 Å². The normalized spacial score (nSPS) is 18.5. The fourth-order valence-corrected chi connectivity index (χ4v) is 2.81. The number of aromatic nitrogens is 1. The van der Waals surface area contributed by atoms with Crippen LogP contribution in [-0.4, -0.2) is 29.9 Å². The summed E-state index contributed by atoms with van der Waals surface area (Å²) in [6.45, 7) is 2.75. The number of benzene rings is 1. The number of nitrogens with one attached hydrogen (secondary N) is 1. The minimum Gasteiger partial charge on any atom is -0.362 e. The Bertz CT molecular complexity index is 615. The number of carbonyl (C=O) groups is 1. The van der Waals surface area contributed by atoms with Crippen molar-refractivity contribution < 1.29 is 4.79 Å². The molecule has 5 heteroatoms. The van der Waals surface area contributed by atoms with Gasteiger partial charge >= 0.3 is 0 Å². The summed E-state index contributed by atoms with van der Waals surface area (Å²) in [5.41, 5.74) is 2.85. The number of piperazine rings is 1. The molecule has 1 atom stereocenters. The summed E-state index contributed by atoms with van der Waals surface area (Å²) in [5.74, 6) is 0. The van der Waals surface area contributed by atoms with Gasteiger partial charge in [0.25, 0.3) is 5.24 Å². The van der Waals surface area contributed by atoms with Crippen molar-refractivity contribution in [3.8, 4) is 0 Å². The lowest BCUT2D eigenvalue weighted by Gasteiger charge is -2.38. The van der Waals surface area contributed by atoms with Crippen molar-refractivity contribution >= 4 is 22.5 Å². The van der Waals surface area contributed by atoms with Crippen molar-refractivity contribution in [2.24, 2.45) is 0 Å². The van der Waals surface area contributed by atoms with Crippen molar-refractivity contribution in [2.75, 3.05) is 24.5 Å². The molecule has 1 aliphatic heterocycles. The van der Waals surface area contributed by atoms with E-state index in [1.54, 1.807) is 12.1 Å². The Labute approximate surface area is 128 Å². The molecule has 1 unspecified atom stereocenters. The van der Waals surface area contributed by atoms with Crippen molar-refractivity contribution in [1.82, 2.24) is 10.3 Å². The SMILES string of the molecule is O=C(Cl)c1ccc(N2CCNCC2c2ccncc2)cc1. The van der Waals surface area contributed by atoms with Gasteiger partial charge in [0, 0.05) is 43.3 Å². The third-order valence-electron chi connectivity index (χ3n) is 3.76. The molecule has 108 valence electrons. The highest BCUT2D eigenvalue weighted by molar-refractivity contribution is 6.67. The number of pyridine rings is 1. The summed E-state index contributed by atoms with van der Waals surface area (Å²) >= 11 is 5.50. The second-order valence-electron chi connectivity index (χ2n) is 5.01. The molecule has 3 rings (SSSR count). The number of hydrogen-bond donors (Lipinski definition) is 1. The van der Waals surface area contributed by atoms with E-state index in [1.807, 2.05) is 36.7 Å². The van der Waals surface area contributed by atoms with Gasteiger partial charge in [-0.25, -0.2) is 0 Å². The van der Waals surface area contributed by atoms with E-state index in [-0.39, 0.29) is 6.04 Å². The highest BCUT2D eigenvalue weighted by Crippen LogP contribution is 2.28. The fourth-order valence-electron chi connectivity index (χ4n) is 2.68. The number of carbonyl (C=O) groups excluding carboxylic acids is 1. The van der Waals surface area contributed by atoms with Crippen molar-refractivity contribution in [3.63, 3.8) is 0 Å². The molecule has 2 aromatic rings. The Morgan fingerprint density at radius 2 is 1.90 bits per heavy atom. The summed E-state index contributed by atoms with van der Waals surface area (Å²) < 4.78 is 0. The number of rotatable bonds is 3. The van der Waals surface area contributed by atoms with Crippen LogP contribution in [0.4, 0.5) is 5.69 Å². The third-order valence-corrected chi connectivity index (χ3v) is 3.98. The van der Waals surface area contributed by atoms with Gasteiger partial charge < -0.3 is 10.2 Å². The van der Waals surface area contributed by atoms with E-state index >= 15 is 0 Å². The number of hydrogen-bond acceptors (Lipinski definition) is 4. The van der Waals surface area contributed by atoms with Gasteiger partial charge in [-0.1, -0.05) is 0 Å². The van der Waals surface area contributed by atoms with Crippen LogP contribution in [0, 0.1) is 0 Å². The van der Waals surface area contributed by atoms with Gasteiger partial charge in [-0.15, -0.1) is 0 Å². The van der Waals surface area contributed by atoms with Crippen LogP contribution < -0.4 is 10.2 Å². The first-order valence-electron chi connectivity index (χ1n) is 6.93. The Morgan fingerprint density at radius 1 is 1.19 bits per heavy atom. The topological polar surface area (TPSA) is 45.2 Å². The molecule has 0 saturated carbocycles. The largest absolute Gasteiger partial charge is 0.362 e. The van der Waals surface area contributed by atoms with E-state index in [0.29, 0.717) is 5.56 Å². The van der Waals surface area contributed by atoms with Gasteiger partial charge in [0.1, 0.15) is 0 Å². The number of halogens is 1. The van der Waals surface area contributed by atoms with Crippen molar-refractivity contribution in [2.45, 2.75) is 6.04 Å². The van der Waals surface area contributed by atoms with Crippen LogP contribution in [0.25, 0.3) is 0 Å². The van der Waals surface area contributed by atoms with Crippen LogP contribution in [-0.2, 0) is 0 Å². The molecular weight excluding hydrogens is 286 g/mol. The quantitative estimate of drug-likeness (QED) is 0.885. The molecule has 1 fully saturated rings. The Morgan fingerprint density at radius 3 is 2.57 bits per heavy atom. The lowest BCUT2D eigenvalue weighted by Crippen LogP contribution is -2.46. The average Bonchev–Trinajstić information content (AvgIpc) is 2.56. The first kappa shape index (κ1) is 14.0. The molecule has 21 heavy (non-hydrogen) atoms. The molecule has 0 amide bonds. The molecule has 0 spiro atoms. The van der Waals surface area contributed by atoms with E-state index in [2.05, 4.69) is 15.2 Å². The third kappa shape index (κ3) is 3.06. The fraction of sp³-hybridized carbons (Fsp3) is 0.250. The molecule has 1 saturated heterocycles. The average molecular weight is 302 g/mol. The molecule has 1 aliphatic rings. The number of anilines is 1. The van der Waals surface area contributed by atoms with Gasteiger partial charge in [-0.3, -0.25) is 9.78 Å². The minimum absolute atomic E-state index is 0.263. The van der Waals surface area contributed by atoms with E-state index in [4.69, 9.17) is 11.6 Å². The van der Waals surface area contributed by atoms with E-state index in [1.165, 1.54) is 5.56 Å². The summed E-state index contributed by atoms with van der Waals surface area (Å²) in [6.07, 6.45) is 3.63. The first-order chi connectivity index (χ1) is 10.3. The van der Waals surface area contributed by atoms with Crippen LogP contribution in [0.2, 0.25) is 0 Å². The Hall–Kier alpha value is -1.91. The van der Waals surface area contributed by atoms with Crippen LogP contribution >= 0.6 is 11.6 Å². The van der Waals surface area contributed by atoms with E-state index in [9.17, 15) is 4.79 Å². The smallest absolute Gasteiger partial charge is 0.252 e. The van der Waals surface area contributed by atoms with Crippen LogP contribution in [0.1, 0.15) is 22.0 Å². The van der Waals surface area contributed by atoms with Crippen molar-refractivity contribution in [3.05, 3.63) is 59.9 Å². The zero-order valence-electron chi connectivity index (χ0n) is 11.5. The summed E-state index contributed by atoms with van der Waals surface area (Å²) in [4.78, 5) is 17.6. The van der Waals surface area contributed by atoms with Crippen LogP contribution in [0.5, 0.6) is 0 Å². The lowest BCUT2D eigenvalue weighted by atomic mass is 10.0. The Kier molecular flexibility index (Phi) is 4.18. The minimum atomic E-state index is -0.424. The molecule has 1 aromatic carbocycles. The molecule has 0 bridgehead atoms. The maximum atomic E-state index is 11.2. The molecule has 0 radical (unpaired) electrons. The molecule has 0 aliphatic carbocycles. The van der Waals surface area contributed by atoms with Crippen LogP contribution in [0.3, 0.4) is 0 Å². The summed E-state index contributed by atoms with van der Waals surface area (Å²) in [7, 11) is 0. The zero-order chi connectivity index (χ0) is 14.7. The summed E-state index contributed by atoms with van der Waals surface area (Å²) in [5, 5.41) is 3.00. The predicted molar refractivity (Wildman–Crippen MR) is 83.8 cm³/mol. The van der Waals surface area contributed by atoms with E-state index in [0.717, 1.165) is 25.3 Å². The van der Waals surface area contributed by atoms with Gasteiger partial charge in [0.15, 0.2) is 0 Å². The highest BCUT2D eigenvalue weighted by Gasteiger charge is 2.23. The molecule has 1 aromatic heterocycles. The highest BCUT2D eigenvalue weighted by atomic mass is 35.5. The van der Waals surface area contributed by atoms with Crippen LogP contribution in [0.15, 0.2) is 48.8 Å². The van der Waals surface area contributed by atoms with Gasteiger partial charge in [0.05, 0.1) is 6.04 Å². The second kappa shape index (κ2) is 6.24. The Balaban J connectivity index is 1.89. The monoisotopic (exact) mass is 301 g/mol. The maximum absolute atomic E-state index is 11.2. The van der Waals surface area contributed by atoms with E-state index < -0.39 is 5.24 Å². The predicted octanol–water partition coefficient (Wildman–Crippen LogP) is 2.61. The molecular formula is C16H16ClN3O. The first-order valence-corrected chi connectivity index (χ1v) is 7.30.